The fourth-order valence-corrected chi connectivity index (χ4v) is 4.54. The molecule has 4 rings (SSSR count). The monoisotopic (exact) mass is 554 g/mol. The third-order valence-corrected chi connectivity index (χ3v) is 6.74. The fraction of sp³-hybridized carbons (Fsp3) is 0.214. The highest BCUT2D eigenvalue weighted by molar-refractivity contribution is 7.18. The second-order valence-electron chi connectivity index (χ2n) is 8.55. The molecule has 0 atom stereocenters. The van der Waals surface area contributed by atoms with Gasteiger partial charge in [0, 0.05) is 30.6 Å². The number of carbonyl (C=O) groups excluding carboxylic acids is 2. The summed E-state index contributed by atoms with van der Waals surface area (Å²) < 4.78 is 44.8. The van der Waals surface area contributed by atoms with E-state index in [1.807, 2.05) is 42.5 Å². The number of carbonyl (C=O) groups is 2. The van der Waals surface area contributed by atoms with E-state index in [4.69, 9.17) is 4.74 Å². The van der Waals surface area contributed by atoms with Crippen molar-refractivity contribution in [3.05, 3.63) is 95.6 Å². The number of rotatable bonds is 10. The minimum absolute atomic E-state index is 0.0118. The number of aromatic nitrogens is 2. The summed E-state index contributed by atoms with van der Waals surface area (Å²) in [4.78, 5) is 27.3. The van der Waals surface area contributed by atoms with Crippen molar-refractivity contribution in [1.29, 1.82) is 0 Å². The molecule has 0 aliphatic rings. The summed E-state index contributed by atoms with van der Waals surface area (Å²) >= 11 is 1.19. The van der Waals surface area contributed by atoms with Crippen LogP contribution in [0.1, 0.15) is 27.9 Å². The number of amides is 2. The number of halogens is 3. The second kappa shape index (κ2) is 12.5. The average molecular weight is 555 g/mol. The SMILES string of the molecule is COc1ccc(-c2nnc(NC(=O)CCN(CCc3ccccc3)C(=O)c3cccc(C(F)(F)F)c3)s2)cc1. The van der Waals surface area contributed by atoms with E-state index in [0.717, 1.165) is 23.3 Å². The maximum atomic E-state index is 13.2. The van der Waals surface area contributed by atoms with Gasteiger partial charge < -0.3 is 15.0 Å². The number of hydrogen-bond donors (Lipinski definition) is 1. The molecule has 1 aromatic heterocycles. The lowest BCUT2D eigenvalue weighted by Crippen LogP contribution is -2.35. The van der Waals surface area contributed by atoms with Gasteiger partial charge in [0.2, 0.25) is 11.0 Å². The van der Waals surface area contributed by atoms with Crippen molar-refractivity contribution in [3.63, 3.8) is 0 Å². The van der Waals surface area contributed by atoms with Crippen molar-refractivity contribution in [3.8, 4) is 16.3 Å². The van der Waals surface area contributed by atoms with Crippen molar-refractivity contribution in [2.24, 2.45) is 0 Å². The highest BCUT2D eigenvalue weighted by Crippen LogP contribution is 2.30. The highest BCUT2D eigenvalue weighted by atomic mass is 32.1. The maximum Gasteiger partial charge on any atom is 0.416 e. The molecular weight excluding hydrogens is 529 g/mol. The molecule has 0 bridgehead atoms. The quantitative estimate of drug-likeness (QED) is 0.262. The van der Waals surface area contributed by atoms with Crippen molar-refractivity contribution in [2.45, 2.75) is 19.0 Å². The Morgan fingerprint density at radius 1 is 0.949 bits per heavy atom. The molecule has 0 radical (unpaired) electrons. The standard InChI is InChI=1S/C28H25F3N4O3S/c1-38-23-12-10-20(11-13-23)25-33-34-27(39-25)32-24(36)15-17-35(16-14-19-6-3-2-4-7-19)26(37)21-8-5-9-22(18-21)28(29,30)31/h2-13,18H,14-17H2,1H3,(H,32,34,36). The van der Waals surface area contributed by atoms with Crippen LogP contribution in [-0.4, -0.2) is 47.1 Å². The zero-order valence-corrected chi connectivity index (χ0v) is 21.8. The predicted molar refractivity (Wildman–Crippen MR) is 143 cm³/mol. The van der Waals surface area contributed by atoms with Crippen LogP contribution in [0.3, 0.4) is 0 Å². The van der Waals surface area contributed by atoms with Gasteiger partial charge in [-0.05, 0) is 54.4 Å². The van der Waals surface area contributed by atoms with Crippen LogP contribution in [0.2, 0.25) is 0 Å². The van der Waals surface area contributed by atoms with Gasteiger partial charge in [0.25, 0.3) is 5.91 Å². The molecule has 4 aromatic rings. The minimum Gasteiger partial charge on any atom is -0.497 e. The molecule has 3 aromatic carbocycles. The van der Waals surface area contributed by atoms with Crippen LogP contribution < -0.4 is 10.1 Å². The van der Waals surface area contributed by atoms with E-state index in [0.29, 0.717) is 22.3 Å². The van der Waals surface area contributed by atoms with E-state index in [1.54, 1.807) is 19.2 Å². The Labute approximate surface area is 227 Å². The molecule has 0 spiro atoms. The zero-order chi connectivity index (χ0) is 27.8. The van der Waals surface area contributed by atoms with E-state index < -0.39 is 23.6 Å². The van der Waals surface area contributed by atoms with Gasteiger partial charge in [-0.1, -0.05) is 47.7 Å². The van der Waals surface area contributed by atoms with Crippen LogP contribution in [0, 0.1) is 0 Å². The molecule has 11 heteroatoms. The van der Waals surface area contributed by atoms with Gasteiger partial charge in [-0.3, -0.25) is 9.59 Å². The topological polar surface area (TPSA) is 84.4 Å². The third kappa shape index (κ3) is 7.64. The fourth-order valence-electron chi connectivity index (χ4n) is 3.78. The molecule has 0 unspecified atom stereocenters. The molecule has 1 heterocycles. The van der Waals surface area contributed by atoms with Crippen molar-refractivity contribution >= 4 is 28.3 Å². The summed E-state index contributed by atoms with van der Waals surface area (Å²) in [6, 6.07) is 20.9. The van der Waals surface area contributed by atoms with Gasteiger partial charge in [-0.25, -0.2) is 0 Å². The Morgan fingerprint density at radius 2 is 1.69 bits per heavy atom. The van der Waals surface area contributed by atoms with Crippen molar-refractivity contribution < 1.29 is 27.5 Å². The van der Waals surface area contributed by atoms with Gasteiger partial charge in [-0.15, -0.1) is 10.2 Å². The summed E-state index contributed by atoms with van der Waals surface area (Å²) in [7, 11) is 1.57. The normalized spacial score (nSPS) is 11.2. The van der Waals surface area contributed by atoms with E-state index in [1.165, 1.54) is 28.4 Å². The van der Waals surface area contributed by atoms with E-state index in [9.17, 15) is 22.8 Å². The maximum absolute atomic E-state index is 13.2. The zero-order valence-electron chi connectivity index (χ0n) is 20.9. The molecular formula is C28H25F3N4O3S. The average Bonchev–Trinajstić information content (AvgIpc) is 3.41. The number of ether oxygens (including phenoxy) is 1. The first kappa shape index (κ1) is 27.8. The van der Waals surface area contributed by atoms with Crippen LogP contribution in [0.25, 0.3) is 10.6 Å². The van der Waals surface area contributed by atoms with Gasteiger partial charge in [0.1, 0.15) is 10.8 Å². The Hall–Kier alpha value is -4.25. The number of nitrogens with one attached hydrogen (secondary N) is 1. The third-order valence-electron chi connectivity index (χ3n) is 5.85. The summed E-state index contributed by atoms with van der Waals surface area (Å²) in [6.07, 6.45) is -4.16. The number of hydrogen-bond acceptors (Lipinski definition) is 6. The Morgan fingerprint density at radius 3 is 2.38 bits per heavy atom. The molecule has 7 nitrogen and oxygen atoms in total. The summed E-state index contributed by atoms with van der Waals surface area (Å²) in [5.74, 6) is -0.273. The van der Waals surface area contributed by atoms with Crippen LogP contribution in [0.15, 0.2) is 78.9 Å². The van der Waals surface area contributed by atoms with Crippen molar-refractivity contribution in [1.82, 2.24) is 15.1 Å². The molecule has 0 aliphatic heterocycles. The lowest BCUT2D eigenvalue weighted by atomic mass is 10.1. The van der Waals surface area contributed by atoms with Gasteiger partial charge in [-0.2, -0.15) is 13.2 Å². The number of nitrogens with zero attached hydrogens (tertiary/aromatic N) is 3. The number of methoxy groups -OCH3 is 1. The summed E-state index contributed by atoms with van der Waals surface area (Å²) in [6.45, 7) is 0.241. The molecule has 1 N–H and O–H groups in total. The van der Waals surface area contributed by atoms with Gasteiger partial charge in [0.05, 0.1) is 12.7 Å². The summed E-state index contributed by atoms with van der Waals surface area (Å²) in [5, 5.41) is 11.7. The largest absolute Gasteiger partial charge is 0.497 e. The van der Waals surface area contributed by atoms with Crippen LogP contribution in [0.5, 0.6) is 5.75 Å². The lowest BCUT2D eigenvalue weighted by Gasteiger charge is -2.23. The minimum atomic E-state index is -4.57. The van der Waals surface area contributed by atoms with Crippen molar-refractivity contribution in [2.75, 3.05) is 25.5 Å². The molecule has 0 saturated heterocycles. The van der Waals surface area contributed by atoms with Crippen LogP contribution >= 0.6 is 11.3 Å². The number of anilines is 1. The molecule has 2 amide bonds. The molecule has 0 fully saturated rings. The lowest BCUT2D eigenvalue weighted by molar-refractivity contribution is -0.137. The number of alkyl halides is 3. The first-order valence-corrected chi connectivity index (χ1v) is 12.8. The van der Waals surface area contributed by atoms with E-state index in [-0.39, 0.29) is 25.1 Å². The van der Waals surface area contributed by atoms with E-state index >= 15 is 0 Å². The van der Waals surface area contributed by atoms with Gasteiger partial charge >= 0.3 is 6.18 Å². The predicted octanol–water partition coefficient (Wildman–Crippen LogP) is 5.95. The molecule has 0 saturated carbocycles. The Kier molecular flexibility index (Phi) is 8.92. The van der Waals surface area contributed by atoms with Crippen LogP contribution in [0.4, 0.5) is 18.3 Å². The Balaban J connectivity index is 1.42. The molecule has 0 aliphatic carbocycles. The summed E-state index contributed by atoms with van der Waals surface area (Å²) in [5.41, 5.74) is 0.779. The molecule has 202 valence electrons. The second-order valence-corrected chi connectivity index (χ2v) is 9.52. The smallest absolute Gasteiger partial charge is 0.416 e. The Bertz CT molecular complexity index is 1410. The first-order valence-electron chi connectivity index (χ1n) is 12.0. The number of benzene rings is 3. The molecule has 39 heavy (non-hydrogen) atoms. The highest BCUT2D eigenvalue weighted by Gasteiger charge is 2.31. The van der Waals surface area contributed by atoms with E-state index in [2.05, 4.69) is 15.5 Å². The van der Waals surface area contributed by atoms with Crippen LogP contribution in [-0.2, 0) is 17.4 Å². The first-order chi connectivity index (χ1) is 18.7. The van der Waals surface area contributed by atoms with Gasteiger partial charge in [0.15, 0.2) is 0 Å².